The minimum atomic E-state index is -0.547. The summed E-state index contributed by atoms with van der Waals surface area (Å²) in [5.41, 5.74) is 1.14. The van der Waals surface area contributed by atoms with Crippen molar-refractivity contribution in [3.8, 4) is 0 Å². The van der Waals surface area contributed by atoms with Gasteiger partial charge in [0.15, 0.2) is 6.29 Å². The van der Waals surface area contributed by atoms with Crippen LogP contribution in [0.4, 0.5) is 16.3 Å². The standard InChI is InChI=1S/C19H25ClN6O2/c1-11-8-16(27)24-17(21-11)26-15(10-14(25-26)19(2,3)4)23-18(28)22-13-7-5-6-12(20)9-13/h5-7,9-11,17,21H,8H2,1-4H3,(H,24,27)(H2,22,23,28). The minimum absolute atomic E-state index is 0.00539. The van der Waals surface area contributed by atoms with Crippen LogP contribution in [-0.4, -0.2) is 27.8 Å². The van der Waals surface area contributed by atoms with E-state index in [2.05, 4.69) is 26.4 Å². The third kappa shape index (κ3) is 4.82. The van der Waals surface area contributed by atoms with Gasteiger partial charge in [-0.05, 0) is 25.1 Å². The molecule has 150 valence electrons. The molecule has 1 aromatic carbocycles. The summed E-state index contributed by atoms with van der Waals surface area (Å²) in [6.45, 7) is 8.03. The maximum atomic E-state index is 12.5. The molecule has 3 amide bonds. The van der Waals surface area contributed by atoms with Gasteiger partial charge in [0.1, 0.15) is 5.82 Å². The number of amides is 3. The van der Waals surface area contributed by atoms with Crippen molar-refractivity contribution in [2.75, 3.05) is 10.6 Å². The molecule has 4 N–H and O–H groups in total. The zero-order valence-electron chi connectivity index (χ0n) is 16.3. The molecule has 0 bridgehead atoms. The summed E-state index contributed by atoms with van der Waals surface area (Å²) in [5, 5.41) is 16.8. The zero-order valence-corrected chi connectivity index (χ0v) is 17.1. The Labute approximate surface area is 169 Å². The van der Waals surface area contributed by atoms with Gasteiger partial charge in [-0.1, -0.05) is 38.4 Å². The molecule has 2 aromatic rings. The van der Waals surface area contributed by atoms with Crippen molar-refractivity contribution >= 4 is 35.0 Å². The van der Waals surface area contributed by atoms with E-state index in [9.17, 15) is 9.59 Å². The lowest BCUT2D eigenvalue weighted by atomic mass is 9.92. The van der Waals surface area contributed by atoms with Crippen molar-refractivity contribution in [2.45, 2.75) is 51.9 Å². The van der Waals surface area contributed by atoms with Gasteiger partial charge >= 0.3 is 6.03 Å². The fraction of sp³-hybridized carbons (Fsp3) is 0.421. The Balaban J connectivity index is 1.85. The molecule has 2 unspecified atom stereocenters. The zero-order chi connectivity index (χ0) is 20.5. The van der Waals surface area contributed by atoms with E-state index in [0.717, 1.165) is 5.69 Å². The Bertz CT molecular complexity index is 889. The molecule has 9 heteroatoms. The van der Waals surface area contributed by atoms with Gasteiger partial charge in [-0.2, -0.15) is 5.10 Å². The maximum Gasteiger partial charge on any atom is 0.324 e. The van der Waals surface area contributed by atoms with E-state index in [4.69, 9.17) is 11.6 Å². The number of anilines is 2. The number of aromatic nitrogens is 2. The van der Waals surface area contributed by atoms with E-state index >= 15 is 0 Å². The Morgan fingerprint density at radius 1 is 1.29 bits per heavy atom. The van der Waals surface area contributed by atoms with E-state index in [1.807, 2.05) is 33.8 Å². The fourth-order valence-corrected chi connectivity index (χ4v) is 3.08. The molecule has 2 heterocycles. The summed E-state index contributed by atoms with van der Waals surface area (Å²) in [6, 6.07) is 8.26. The molecule has 0 radical (unpaired) electrons. The van der Waals surface area contributed by atoms with Crippen molar-refractivity contribution in [1.82, 2.24) is 20.4 Å². The summed E-state index contributed by atoms with van der Waals surface area (Å²) in [7, 11) is 0. The fourth-order valence-electron chi connectivity index (χ4n) is 2.89. The van der Waals surface area contributed by atoms with Gasteiger partial charge in [0.2, 0.25) is 5.91 Å². The average Bonchev–Trinajstić information content (AvgIpc) is 2.98. The highest BCUT2D eigenvalue weighted by molar-refractivity contribution is 6.30. The number of nitrogens with one attached hydrogen (secondary N) is 4. The van der Waals surface area contributed by atoms with Crippen molar-refractivity contribution < 1.29 is 9.59 Å². The van der Waals surface area contributed by atoms with Crippen LogP contribution in [0.1, 0.15) is 46.1 Å². The first kappa shape index (κ1) is 20.2. The first-order chi connectivity index (χ1) is 13.1. The van der Waals surface area contributed by atoms with Crippen LogP contribution >= 0.6 is 11.6 Å². The molecule has 1 saturated heterocycles. The van der Waals surface area contributed by atoms with Crippen LogP contribution in [-0.2, 0) is 10.2 Å². The van der Waals surface area contributed by atoms with Crippen molar-refractivity contribution in [3.05, 3.63) is 41.0 Å². The molecule has 1 fully saturated rings. The first-order valence-corrected chi connectivity index (χ1v) is 9.48. The van der Waals surface area contributed by atoms with Gasteiger partial charge in [0.25, 0.3) is 0 Å². The molecule has 0 aliphatic carbocycles. The number of hydrogen-bond donors (Lipinski definition) is 4. The van der Waals surface area contributed by atoms with Crippen LogP contribution in [0.3, 0.4) is 0 Å². The van der Waals surface area contributed by atoms with Crippen molar-refractivity contribution in [2.24, 2.45) is 0 Å². The third-order valence-electron chi connectivity index (χ3n) is 4.30. The first-order valence-electron chi connectivity index (χ1n) is 9.11. The Morgan fingerprint density at radius 3 is 2.68 bits per heavy atom. The van der Waals surface area contributed by atoms with E-state index in [1.54, 1.807) is 28.9 Å². The molecule has 1 aliphatic rings. The van der Waals surface area contributed by atoms with Gasteiger partial charge in [0.05, 0.1) is 5.69 Å². The van der Waals surface area contributed by atoms with Crippen LogP contribution in [0.25, 0.3) is 0 Å². The topological polar surface area (TPSA) is 100 Å². The number of hydrogen-bond acceptors (Lipinski definition) is 4. The average molecular weight is 405 g/mol. The Hall–Kier alpha value is -2.58. The van der Waals surface area contributed by atoms with Crippen LogP contribution in [0.5, 0.6) is 0 Å². The van der Waals surface area contributed by atoms with Crippen molar-refractivity contribution in [3.63, 3.8) is 0 Å². The Kier molecular flexibility index (Phi) is 5.62. The smallest absolute Gasteiger partial charge is 0.322 e. The number of benzene rings is 1. The number of carbonyl (C=O) groups is 2. The summed E-state index contributed by atoms with van der Waals surface area (Å²) >= 11 is 5.96. The van der Waals surface area contributed by atoms with E-state index in [-0.39, 0.29) is 17.4 Å². The van der Waals surface area contributed by atoms with Crippen LogP contribution in [0.2, 0.25) is 5.02 Å². The van der Waals surface area contributed by atoms with Gasteiger partial charge in [0, 0.05) is 34.7 Å². The largest absolute Gasteiger partial charge is 0.324 e. The number of rotatable bonds is 3. The molecule has 2 atom stereocenters. The van der Waals surface area contributed by atoms with E-state index in [1.165, 1.54) is 0 Å². The normalized spacial score (nSPS) is 19.8. The predicted octanol–water partition coefficient (Wildman–Crippen LogP) is 3.43. The summed E-state index contributed by atoms with van der Waals surface area (Å²) in [6.07, 6.45) is -0.157. The molecule has 0 saturated carbocycles. The van der Waals surface area contributed by atoms with Gasteiger partial charge in [-0.3, -0.25) is 15.4 Å². The SMILES string of the molecule is CC1CC(=O)NC(n2nc(C(C)(C)C)cc2NC(=O)Nc2cccc(Cl)c2)N1. The van der Waals surface area contributed by atoms with E-state index in [0.29, 0.717) is 22.9 Å². The Morgan fingerprint density at radius 2 is 2.04 bits per heavy atom. The van der Waals surface area contributed by atoms with Gasteiger partial charge < -0.3 is 10.6 Å². The quantitative estimate of drug-likeness (QED) is 0.629. The minimum Gasteiger partial charge on any atom is -0.322 e. The van der Waals surface area contributed by atoms with Crippen LogP contribution < -0.4 is 21.3 Å². The van der Waals surface area contributed by atoms with E-state index < -0.39 is 12.3 Å². The van der Waals surface area contributed by atoms with Crippen LogP contribution in [0, 0.1) is 0 Å². The lowest BCUT2D eigenvalue weighted by molar-refractivity contribution is -0.125. The van der Waals surface area contributed by atoms with Gasteiger partial charge in [-0.25, -0.2) is 9.48 Å². The predicted molar refractivity (Wildman–Crippen MR) is 109 cm³/mol. The molecule has 1 aliphatic heterocycles. The molecule has 0 spiro atoms. The molecule has 28 heavy (non-hydrogen) atoms. The number of halogens is 1. The summed E-state index contributed by atoms with van der Waals surface area (Å²) in [4.78, 5) is 24.5. The lowest BCUT2D eigenvalue weighted by Gasteiger charge is -2.30. The second-order valence-electron chi connectivity index (χ2n) is 7.94. The highest BCUT2D eigenvalue weighted by Gasteiger charge is 2.29. The second kappa shape index (κ2) is 7.81. The highest BCUT2D eigenvalue weighted by atomic mass is 35.5. The molecule has 3 rings (SSSR count). The highest BCUT2D eigenvalue weighted by Crippen LogP contribution is 2.26. The van der Waals surface area contributed by atoms with Gasteiger partial charge in [-0.15, -0.1) is 0 Å². The summed E-state index contributed by atoms with van der Waals surface area (Å²) in [5.74, 6) is 0.398. The number of carbonyl (C=O) groups excluding carboxylic acids is 2. The van der Waals surface area contributed by atoms with Crippen LogP contribution in [0.15, 0.2) is 30.3 Å². The molecular weight excluding hydrogens is 380 g/mol. The summed E-state index contributed by atoms with van der Waals surface area (Å²) < 4.78 is 1.59. The monoisotopic (exact) mass is 404 g/mol. The third-order valence-corrected chi connectivity index (χ3v) is 4.54. The number of urea groups is 1. The second-order valence-corrected chi connectivity index (χ2v) is 8.38. The number of nitrogens with zero attached hydrogens (tertiary/aromatic N) is 2. The molecular formula is C19H25ClN6O2. The lowest BCUT2D eigenvalue weighted by Crippen LogP contribution is -2.52. The van der Waals surface area contributed by atoms with Crippen molar-refractivity contribution in [1.29, 1.82) is 0 Å². The molecule has 1 aromatic heterocycles. The molecule has 8 nitrogen and oxygen atoms in total. The maximum absolute atomic E-state index is 12.5.